The van der Waals surface area contributed by atoms with Crippen molar-refractivity contribution in [2.24, 2.45) is 5.92 Å². The Hall–Kier alpha value is -0.540. The average molecular weight is 258 g/mol. The Labute approximate surface area is 105 Å². The van der Waals surface area contributed by atoms with Crippen molar-refractivity contribution in [1.29, 1.82) is 0 Å². The lowest BCUT2D eigenvalue weighted by molar-refractivity contribution is -0.131. The Morgan fingerprint density at radius 1 is 1.50 bits per heavy atom. The molecule has 88 valence electrons. The molecule has 1 aromatic rings. The van der Waals surface area contributed by atoms with Gasteiger partial charge in [-0.2, -0.15) is 0 Å². The molecule has 16 heavy (non-hydrogen) atoms. The van der Waals surface area contributed by atoms with Gasteiger partial charge >= 0.3 is 0 Å². The van der Waals surface area contributed by atoms with Crippen molar-refractivity contribution in [2.75, 3.05) is 19.0 Å². The highest BCUT2D eigenvalue weighted by molar-refractivity contribution is 7.10. The molecule has 0 bridgehead atoms. The van der Waals surface area contributed by atoms with Crippen LogP contribution >= 0.6 is 22.9 Å². The highest BCUT2D eigenvalue weighted by Crippen LogP contribution is 2.19. The second-order valence-electron chi connectivity index (χ2n) is 4.23. The summed E-state index contributed by atoms with van der Waals surface area (Å²) in [5.41, 5.74) is 0. The number of hydrogen-bond donors (Lipinski definition) is 0. The van der Waals surface area contributed by atoms with E-state index in [1.165, 1.54) is 0 Å². The van der Waals surface area contributed by atoms with E-state index in [1.54, 1.807) is 11.3 Å². The number of hydrogen-bond acceptors (Lipinski definition) is 2. The highest BCUT2D eigenvalue weighted by atomic mass is 35.5. The van der Waals surface area contributed by atoms with Crippen molar-refractivity contribution >= 4 is 28.8 Å². The van der Waals surface area contributed by atoms with Crippen molar-refractivity contribution in [3.05, 3.63) is 22.4 Å². The van der Waals surface area contributed by atoms with E-state index < -0.39 is 0 Å². The zero-order valence-electron chi connectivity index (χ0n) is 9.19. The minimum absolute atomic E-state index is 0.260. The number of carbonyl (C=O) groups excluding carboxylic acids is 1. The molecule has 0 aliphatic carbocycles. The summed E-state index contributed by atoms with van der Waals surface area (Å²) in [5, 5.41) is 2.02. The zero-order valence-corrected chi connectivity index (χ0v) is 10.8. The number of alkyl halides is 1. The standard InChI is InChI=1S/C12H16ClNOS/c13-9-10-3-5-14(6-4-10)12(15)8-11-2-1-7-16-11/h1-2,7,10H,3-6,8-9H2. The Balaban J connectivity index is 1.82. The molecule has 1 aromatic heterocycles. The Kier molecular flexibility index (Phi) is 4.24. The SMILES string of the molecule is O=C(Cc1cccs1)N1CCC(CCl)CC1. The number of carbonyl (C=O) groups is 1. The molecule has 2 nitrogen and oxygen atoms in total. The van der Waals surface area contributed by atoms with Crippen LogP contribution in [0.2, 0.25) is 0 Å². The molecular formula is C12H16ClNOS. The number of piperidine rings is 1. The first-order valence-electron chi connectivity index (χ1n) is 5.65. The molecule has 1 fully saturated rings. The van der Waals surface area contributed by atoms with E-state index in [-0.39, 0.29) is 5.91 Å². The van der Waals surface area contributed by atoms with Gasteiger partial charge in [0.1, 0.15) is 0 Å². The van der Waals surface area contributed by atoms with Crippen LogP contribution in [0.1, 0.15) is 17.7 Å². The summed E-state index contributed by atoms with van der Waals surface area (Å²) < 4.78 is 0. The lowest BCUT2D eigenvalue weighted by Gasteiger charge is -2.31. The van der Waals surface area contributed by atoms with Crippen LogP contribution in [-0.4, -0.2) is 29.8 Å². The molecule has 0 saturated carbocycles. The summed E-state index contributed by atoms with van der Waals surface area (Å²) >= 11 is 7.47. The van der Waals surface area contributed by atoms with Crippen LogP contribution in [0.3, 0.4) is 0 Å². The average Bonchev–Trinajstić information content (AvgIpc) is 2.82. The molecule has 2 heterocycles. The second kappa shape index (κ2) is 5.69. The number of nitrogens with zero attached hydrogens (tertiary/aromatic N) is 1. The number of rotatable bonds is 3. The summed E-state index contributed by atoms with van der Waals surface area (Å²) in [5.74, 6) is 1.59. The molecule has 1 amide bonds. The van der Waals surface area contributed by atoms with Gasteiger partial charge in [0.05, 0.1) is 6.42 Å². The Morgan fingerprint density at radius 3 is 2.81 bits per heavy atom. The van der Waals surface area contributed by atoms with Gasteiger partial charge in [0.2, 0.25) is 5.91 Å². The van der Waals surface area contributed by atoms with Crippen LogP contribution in [0, 0.1) is 5.92 Å². The van der Waals surface area contributed by atoms with Crippen molar-refractivity contribution in [2.45, 2.75) is 19.3 Å². The van der Waals surface area contributed by atoms with E-state index in [0.717, 1.165) is 36.7 Å². The predicted molar refractivity (Wildman–Crippen MR) is 68.0 cm³/mol. The lowest BCUT2D eigenvalue weighted by atomic mass is 9.99. The first-order valence-corrected chi connectivity index (χ1v) is 7.07. The maximum absolute atomic E-state index is 12.0. The first kappa shape index (κ1) is 11.9. The molecule has 0 N–H and O–H groups in total. The van der Waals surface area contributed by atoms with E-state index in [4.69, 9.17) is 11.6 Å². The fraction of sp³-hybridized carbons (Fsp3) is 0.583. The van der Waals surface area contributed by atoms with E-state index in [1.807, 2.05) is 22.4 Å². The fourth-order valence-corrected chi connectivity index (χ4v) is 3.02. The lowest BCUT2D eigenvalue weighted by Crippen LogP contribution is -2.39. The Bertz CT molecular complexity index is 331. The molecule has 1 aliphatic heterocycles. The maximum Gasteiger partial charge on any atom is 0.227 e. The number of amides is 1. The van der Waals surface area contributed by atoms with Gasteiger partial charge in [0.15, 0.2) is 0 Å². The van der Waals surface area contributed by atoms with E-state index >= 15 is 0 Å². The quantitative estimate of drug-likeness (QED) is 0.763. The van der Waals surface area contributed by atoms with Gasteiger partial charge in [-0.3, -0.25) is 4.79 Å². The summed E-state index contributed by atoms with van der Waals surface area (Å²) in [4.78, 5) is 15.1. The van der Waals surface area contributed by atoms with Crippen LogP contribution in [0.5, 0.6) is 0 Å². The third-order valence-corrected chi connectivity index (χ3v) is 4.40. The predicted octanol–water partition coefficient (Wildman–Crippen LogP) is 2.77. The minimum Gasteiger partial charge on any atom is -0.342 e. The van der Waals surface area contributed by atoms with Crippen LogP contribution in [0.15, 0.2) is 17.5 Å². The third-order valence-electron chi connectivity index (χ3n) is 3.09. The molecule has 2 rings (SSSR count). The van der Waals surface area contributed by atoms with Crippen molar-refractivity contribution in [1.82, 2.24) is 4.90 Å². The molecule has 4 heteroatoms. The van der Waals surface area contributed by atoms with Crippen LogP contribution in [0.25, 0.3) is 0 Å². The van der Waals surface area contributed by atoms with Gasteiger partial charge in [-0.1, -0.05) is 6.07 Å². The molecule has 0 aromatic carbocycles. The van der Waals surface area contributed by atoms with Gasteiger partial charge in [-0.15, -0.1) is 22.9 Å². The molecule has 1 saturated heterocycles. The van der Waals surface area contributed by atoms with E-state index in [9.17, 15) is 4.79 Å². The minimum atomic E-state index is 0.260. The van der Waals surface area contributed by atoms with Gasteiger partial charge in [0, 0.05) is 23.8 Å². The Morgan fingerprint density at radius 2 is 2.25 bits per heavy atom. The number of thiophene rings is 1. The molecule has 0 atom stereocenters. The molecule has 0 radical (unpaired) electrons. The van der Waals surface area contributed by atoms with Crippen molar-refractivity contribution in [3.8, 4) is 0 Å². The molecule has 0 spiro atoms. The van der Waals surface area contributed by atoms with Gasteiger partial charge in [-0.05, 0) is 30.2 Å². The topological polar surface area (TPSA) is 20.3 Å². The van der Waals surface area contributed by atoms with Crippen LogP contribution in [0.4, 0.5) is 0 Å². The van der Waals surface area contributed by atoms with Crippen molar-refractivity contribution < 1.29 is 4.79 Å². The summed E-state index contributed by atoms with van der Waals surface area (Å²) in [6.07, 6.45) is 2.67. The smallest absolute Gasteiger partial charge is 0.227 e. The molecular weight excluding hydrogens is 242 g/mol. The summed E-state index contributed by atoms with van der Waals surface area (Å²) in [6, 6.07) is 4.01. The highest BCUT2D eigenvalue weighted by Gasteiger charge is 2.22. The van der Waals surface area contributed by atoms with E-state index in [0.29, 0.717) is 12.3 Å². The molecule has 0 unspecified atom stereocenters. The summed E-state index contributed by atoms with van der Waals surface area (Å²) in [7, 11) is 0. The van der Waals surface area contributed by atoms with Gasteiger partial charge < -0.3 is 4.90 Å². The monoisotopic (exact) mass is 257 g/mol. The number of likely N-dealkylation sites (tertiary alicyclic amines) is 1. The normalized spacial score (nSPS) is 17.7. The van der Waals surface area contributed by atoms with Gasteiger partial charge in [-0.25, -0.2) is 0 Å². The summed E-state index contributed by atoms with van der Waals surface area (Å²) in [6.45, 7) is 1.75. The van der Waals surface area contributed by atoms with Crippen LogP contribution in [-0.2, 0) is 11.2 Å². The van der Waals surface area contributed by atoms with Crippen molar-refractivity contribution in [3.63, 3.8) is 0 Å². The fourth-order valence-electron chi connectivity index (χ4n) is 2.01. The number of halogens is 1. The second-order valence-corrected chi connectivity index (χ2v) is 5.58. The van der Waals surface area contributed by atoms with Gasteiger partial charge in [0.25, 0.3) is 0 Å². The van der Waals surface area contributed by atoms with E-state index in [2.05, 4.69) is 0 Å². The zero-order chi connectivity index (χ0) is 11.4. The third kappa shape index (κ3) is 2.98. The molecule has 1 aliphatic rings. The largest absolute Gasteiger partial charge is 0.342 e. The first-order chi connectivity index (χ1) is 7.79. The maximum atomic E-state index is 12.0. The van der Waals surface area contributed by atoms with Crippen LogP contribution < -0.4 is 0 Å².